The van der Waals surface area contributed by atoms with Crippen molar-refractivity contribution in [3.63, 3.8) is 0 Å². The predicted molar refractivity (Wildman–Crippen MR) is 78.9 cm³/mol. The van der Waals surface area contributed by atoms with Crippen molar-refractivity contribution in [1.82, 2.24) is 5.32 Å². The molecule has 1 heteroatoms. The molecule has 1 saturated carbocycles. The van der Waals surface area contributed by atoms with Crippen LogP contribution in [-0.4, -0.2) is 12.6 Å². The minimum atomic E-state index is 0.600. The van der Waals surface area contributed by atoms with Crippen LogP contribution < -0.4 is 5.32 Å². The van der Waals surface area contributed by atoms with E-state index in [9.17, 15) is 0 Å². The molecule has 100 valence electrons. The Balaban J connectivity index is 1.67. The first-order chi connectivity index (χ1) is 8.47. The molecule has 1 aromatic rings. The molecule has 1 fully saturated rings. The molecule has 1 aliphatic rings. The third-order valence-electron chi connectivity index (χ3n) is 4.38. The number of benzene rings is 1. The lowest BCUT2D eigenvalue weighted by atomic mass is 10.0. The Bertz CT molecular complexity index is 394. The minimum Gasteiger partial charge on any atom is -0.314 e. The van der Waals surface area contributed by atoms with Crippen molar-refractivity contribution in [2.75, 3.05) is 6.54 Å². The Morgan fingerprint density at radius 3 is 2.72 bits per heavy atom. The average Bonchev–Trinajstić information content (AvgIpc) is 2.92. The molecule has 2 rings (SSSR count). The molecule has 0 radical (unpaired) electrons. The summed E-state index contributed by atoms with van der Waals surface area (Å²) < 4.78 is 0. The SMILES string of the molecule is Cc1cccc(CCC(C)NCC2CC2(C)C)c1. The molecule has 18 heavy (non-hydrogen) atoms. The van der Waals surface area contributed by atoms with E-state index >= 15 is 0 Å². The third-order valence-corrected chi connectivity index (χ3v) is 4.38. The standard InChI is InChI=1S/C17H27N/c1-13-6-5-7-15(10-13)9-8-14(2)18-12-16-11-17(16,3)4/h5-7,10,14,16,18H,8-9,11-12H2,1-4H3. The van der Waals surface area contributed by atoms with Gasteiger partial charge in [0.25, 0.3) is 0 Å². The Morgan fingerprint density at radius 1 is 1.39 bits per heavy atom. The highest BCUT2D eigenvalue weighted by atomic mass is 14.9. The molecule has 2 atom stereocenters. The number of hydrogen-bond acceptors (Lipinski definition) is 1. The monoisotopic (exact) mass is 245 g/mol. The zero-order chi connectivity index (χ0) is 13.2. The van der Waals surface area contributed by atoms with Crippen LogP contribution in [0.1, 0.15) is 44.7 Å². The highest BCUT2D eigenvalue weighted by molar-refractivity contribution is 5.22. The Morgan fingerprint density at radius 2 is 2.11 bits per heavy atom. The quantitative estimate of drug-likeness (QED) is 0.800. The summed E-state index contributed by atoms with van der Waals surface area (Å²) in [5, 5.41) is 3.69. The van der Waals surface area contributed by atoms with Crippen LogP contribution in [0.2, 0.25) is 0 Å². The summed E-state index contributed by atoms with van der Waals surface area (Å²) in [5.74, 6) is 0.902. The summed E-state index contributed by atoms with van der Waals surface area (Å²) in [7, 11) is 0. The number of nitrogens with one attached hydrogen (secondary N) is 1. The maximum Gasteiger partial charge on any atom is 0.00420 e. The van der Waals surface area contributed by atoms with Gasteiger partial charge in [-0.2, -0.15) is 0 Å². The molecule has 0 amide bonds. The molecular formula is C17H27N. The fourth-order valence-electron chi connectivity index (χ4n) is 2.62. The molecule has 1 nitrogen and oxygen atoms in total. The Hall–Kier alpha value is -0.820. The molecule has 1 aromatic carbocycles. The lowest BCUT2D eigenvalue weighted by Gasteiger charge is -2.14. The molecule has 0 heterocycles. The van der Waals surface area contributed by atoms with Gasteiger partial charge < -0.3 is 5.32 Å². The zero-order valence-electron chi connectivity index (χ0n) is 12.3. The van der Waals surface area contributed by atoms with Crippen LogP contribution in [0.4, 0.5) is 0 Å². The van der Waals surface area contributed by atoms with Gasteiger partial charge >= 0.3 is 0 Å². The smallest absolute Gasteiger partial charge is 0.00420 e. The first kappa shape index (κ1) is 13.6. The van der Waals surface area contributed by atoms with Gasteiger partial charge in [0.1, 0.15) is 0 Å². The molecule has 0 spiro atoms. The van der Waals surface area contributed by atoms with Crippen molar-refractivity contribution in [2.45, 2.75) is 53.0 Å². The Kier molecular flexibility index (Phi) is 4.11. The number of aryl methyl sites for hydroxylation is 2. The van der Waals surface area contributed by atoms with Crippen molar-refractivity contribution in [2.24, 2.45) is 11.3 Å². The van der Waals surface area contributed by atoms with E-state index in [0.29, 0.717) is 11.5 Å². The first-order valence-electron chi connectivity index (χ1n) is 7.26. The fraction of sp³-hybridized carbons (Fsp3) is 0.647. The van der Waals surface area contributed by atoms with Crippen molar-refractivity contribution in [3.05, 3.63) is 35.4 Å². The second-order valence-electron chi connectivity index (χ2n) is 6.73. The highest BCUT2D eigenvalue weighted by Gasteiger charge is 2.44. The molecule has 0 aromatic heterocycles. The van der Waals surface area contributed by atoms with Gasteiger partial charge in [0.2, 0.25) is 0 Å². The van der Waals surface area contributed by atoms with Gasteiger partial charge in [-0.05, 0) is 56.6 Å². The molecule has 1 N–H and O–H groups in total. The van der Waals surface area contributed by atoms with Crippen LogP contribution in [0, 0.1) is 18.3 Å². The van der Waals surface area contributed by atoms with Crippen molar-refractivity contribution in [3.8, 4) is 0 Å². The van der Waals surface area contributed by atoms with E-state index in [1.54, 1.807) is 0 Å². The normalized spacial score (nSPS) is 22.8. The molecule has 1 aliphatic carbocycles. The van der Waals surface area contributed by atoms with Crippen molar-refractivity contribution >= 4 is 0 Å². The van der Waals surface area contributed by atoms with Crippen LogP contribution in [0.3, 0.4) is 0 Å². The third kappa shape index (κ3) is 3.84. The van der Waals surface area contributed by atoms with Gasteiger partial charge in [-0.25, -0.2) is 0 Å². The van der Waals surface area contributed by atoms with Gasteiger partial charge in [0, 0.05) is 6.04 Å². The number of rotatable bonds is 6. The van der Waals surface area contributed by atoms with Crippen molar-refractivity contribution in [1.29, 1.82) is 0 Å². The van der Waals surface area contributed by atoms with Gasteiger partial charge in [-0.1, -0.05) is 43.7 Å². The van der Waals surface area contributed by atoms with E-state index < -0.39 is 0 Å². The molecular weight excluding hydrogens is 218 g/mol. The number of hydrogen-bond donors (Lipinski definition) is 1. The summed E-state index contributed by atoms with van der Waals surface area (Å²) in [5.41, 5.74) is 3.44. The second-order valence-corrected chi connectivity index (χ2v) is 6.73. The van der Waals surface area contributed by atoms with E-state index in [2.05, 4.69) is 57.3 Å². The van der Waals surface area contributed by atoms with E-state index in [4.69, 9.17) is 0 Å². The summed E-state index contributed by atoms with van der Waals surface area (Å²) in [4.78, 5) is 0. The summed E-state index contributed by atoms with van der Waals surface area (Å²) in [6.45, 7) is 10.4. The van der Waals surface area contributed by atoms with Crippen LogP contribution in [0.5, 0.6) is 0 Å². The fourth-order valence-corrected chi connectivity index (χ4v) is 2.62. The lowest BCUT2D eigenvalue weighted by molar-refractivity contribution is 0.460. The molecule has 2 unspecified atom stereocenters. The van der Waals surface area contributed by atoms with Gasteiger partial charge in [-0.15, -0.1) is 0 Å². The van der Waals surface area contributed by atoms with Gasteiger partial charge in [-0.3, -0.25) is 0 Å². The second kappa shape index (κ2) is 5.44. The van der Waals surface area contributed by atoms with E-state index in [0.717, 1.165) is 5.92 Å². The molecule has 0 bridgehead atoms. The minimum absolute atomic E-state index is 0.600. The summed E-state index contributed by atoms with van der Waals surface area (Å²) in [6.07, 6.45) is 3.81. The van der Waals surface area contributed by atoms with Gasteiger partial charge in [0.05, 0.1) is 0 Å². The molecule has 0 aliphatic heterocycles. The Labute approximate surface area is 112 Å². The highest BCUT2D eigenvalue weighted by Crippen LogP contribution is 2.51. The lowest BCUT2D eigenvalue weighted by Crippen LogP contribution is -2.29. The topological polar surface area (TPSA) is 12.0 Å². The van der Waals surface area contributed by atoms with E-state index in [1.807, 2.05) is 0 Å². The van der Waals surface area contributed by atoms with Crippen LogP contribution in [0.25, 0.3) is 0 Å². The summed E-state index contributed by atoms with van der Waals surface area (Å²) >= 11 is 0. The van der Waals surface area contributed by atoms with E-state index in [-0.39, 0.29) is 0 Å². The van der Waals surface area contributed by atoms with E-state index in [1.165, 1.54) is 36.9 Å². The predicted octanol–water partition coefficient (Wildman–Crippen LogP) is 3.95. The first-order valence-corrected chi connectivity index (χ1v) is 7.26. The van der Waals surface area contributed by atoms with Crippen LogP contribution >= 0.6 is 0 Å². The molecule has 0 saturated heterocycles. The largest absolute Gasteiger partial charge is 0.314 e. The summed E-state index contributed by atoms with van der Waals surface area (Å²) in [6, 6.07) is 9.50. The van der Waals surface area contributed by atoms with Crippen LogP contribution in [0.15, 0.2) is 24.3 Å². The maximum absolute atomic E-state index is 3.69. The van der Waals surface area contributed by atoms with Gasteiger partial charge in [0.15, 0.2) is 0 Å². The van der Waals surface area contributed by atoms with Crippen LogP contribution in [-0.2, 0) is 6.42 Å². The average molecular weight is 245 g/mol. The maximum atomic E-state index is 3.69. The van der Waals surface area contributed by atoms with Crippen molar-refractivity contribution < 1.29 is 0 Å². The zero-order valence-corrected chi connectivity index (χ0v) is 12.3.